The van der Waals surface area contributed by atoms with Crippen molar-refractivity contribution in [3.05, 3.63) is 11.6 Å². The fourth-order valence-corrected chi connectivity index (χ4v) is 2.65. The van der Waals surface area contributed by atoms with Crippen LogP contribution in [0, 0.1) is 11.3 Å². The van der Waals surface area contributed by atoms with Crippen molar-refractivity contribution in [1.29, 1.82) is 0 Å². The Morgan fingerprint density at radius 3 is 1.89 bits per heavy atom. The predicted molar refractivity (Wildman–Crippen MR) is 110 cm³/mol. The molecule has 28 heavy (non-hydrogen) atoms. The first-order valence-corrected chi connectivity index (χ1v) is 9.44. The highest BCUT2D eigenvalue weighted by Gasteiger charge is 2.39. The molecular weight excluding hydrogens is 360 g/mol. The lowest BCUT2D eigenvalue weighted by atomic mass is 9.84. The SMILES string of the molecule is C/C(=C\[C@H](C(C)C)N(C)C(=O)[C@@H](NC(=O)[C@@H](N)C(C)(C)N)C(C)(C)C)C(=O)O. The van der Waals surface area contributed by atoms with Crippen molar-refractivity contribution in [2.75, 3.05) is 7.05 Å². The highest BCUT2D eigenvalue weighted by molar-refractivity contribution is 5.91. The van der Waals surface area contributed by atoms with Gasteiger partial charge in [0.15, 0.2) is 0 Å². The monoisotopic (exact) mass is 398 g/mol. The smallest absolute Gasteiger partial charge is 0.331 e. The average molecular weight is 399 g/mol. The zero-order valence-corrected chi connectivity index (χ0v) is 18.7. The molecule has 0 radical (unpaired) electrons. The number of rotatable bonds is 8. The van der Waals surface area contributed by atoms with Gasteiger partial charge in [0.1, 0.15) is 12.1 Å². The minimum atomic E-state index is -1.04. The third-order valence-corrected chi connectivity index (χ3v) is 4.72. The summed E-state index contributed by atoms with van der Waals surface area (Å²) >= 11 is 0. The number of carbonyl (C=O) groups excluding carboxylic acids is 2. The third kappa shape index (κ3) is 7.24. The van der Waals surface area contributed by atoms with Gasteiger partial charge in [0, 0.05) is 18.2 Å². The number of carbonyl (C=O) groups is 3. The molecule has 0 saturated carbocycles. The molecule has 2 amide bonds. The van der Waals surface area contributed by atoms with Crippen LogP contribution in [0.15, 0.2) is 11.6 Å². The third-order valence-electron chi connectivity index (χ3n) is 4.72. The zero-order chi connectivity index (χ0) is 22.6. The van der Waals surface area contributed by atoms with Gasteiger partial charge in [-0.25, -0.2) is 4.79 Å². The van der Waals surface area contributed by atoms with Crippen molar-refractivity contribution in [3.8, 4) is 0 Å². The van der Waals surface area contributed by atoms with Crippen LogP contribution < -0.4 is 16.8 Å². The number of aliphatic carboxylic acids is 1. The normalized spacial score (nSPS) is 16.4. The standard InChI is InChI=1S/C20H38N4O4/c1-11(2)13(10-12(3)18(27)28)24(9)17(26)15(19(4,5)6)23-16(25)14(21)20(7,8)22/h10-11,13-15H,21-22H2,1-9H3,(H,23,25)(H,27,28)/b12-10+/t13-,14-,15-/m1/s1. The maximum atomic E-state index is 13.3. The van der Waals surface area contributed by atoms with Crippen molar-refractivity contribution in [3.63, 3.8) is 0 Å². The number of nitrogens with one attached hydrogen (secondary N) is 1. The lowest BCUT2D eigenvalue weighted by Crippen LogP contribution is -2.63. The van der Waals surface area contributed by atoms with E-state index in [9.17, 15) is 19.5 Å². The van der Waals surface area contributed by atoms with E-state index < -0.39 is 41.0 Å². The second kappa shape index (κ2) is 9.52. The van der Waals surface area contributed by atoms with Gasteiger partial charge in [-0.05, 0) is 32.1 Å². The summed E-state index contributed by atoms with van der Waals surface area (Å²) in [4.78, 5) is 38.5. The molecule has 3 atom stereocenters. The predicted octanol–water partition coefficient (Wildman–Crippen LogP) is 1.10. The molecule has 0 rings (SSSR count). The van der Waals surface area contributed by atoms with Gasteiger partial charge >= 0.3 is 5.97 Å². The Kier molecular flexibility index (Phi) is 8.86. The molecule has 0 aromatic rings. The summed E-state index contributed by atoms with van der Waals surface area (Å²) in [5, 5.41) is 11.9. The van der Waals surface area contributed by atoms with E-state index in [2.05, 4.69) is 5.32 Å². The Hall–Kier alpha value is -1.93. The minimum absolute atomic E-state index is 0.0233. The number of nitrogens with zero attached hydrogens (tertiary/aromatic N) is 1. The van der Waals surface area contributed by atoms with Crippen molar-refractivity contribution in [1.82, 2.24) is 10.2 Å². The Labute approximate surface area is 168 Å². The van der Waals surface area contributed by atoms with Crippen molar-refractivity contribution >= 4 is 17.8 Å². The van der Waals surface area contributed by atoms with E-state index in [1.165, 1.54) is 11.8 Å². The van der Waals surface area contributed by atoms with Crippen LogP contribution in [-0.4, -0.2) is 58.5 Å². The Morgan fingerprint density at radius 1 is 1.11 bits per heavy atom. The number of carboxylic acid groups (broad SMARTS) is 1. The van der Waals surface area contributed by atoms with Gasteiger partial charge in [-0.15, -0.1) is 0 Å². The van der Waals surface area contributed by atoms with Crippen LogP contribution in [-0.2, 0) is 14.4 Å². The molecule has 8 heteroatoms. The van der Waals surface area contributed by atoms with Crippen LogP contribution in [0.5, 0.6) is 0 Å². The molecule has 0 aliphatic heterocycles. The zero-order valence-electron chi connectivity index (χ0n) is 18.7. The fourth-order valence-electron chi connectivity index (χ4n) is 2.65. The van der Waals surface area contributed by atoms with E-state index in [0.717, 1.165) is 0 Å². The molecule has 0 spiro atoms. The molecule has 0 aliphatic carbocycles. The van der Waals surface area contributed by atoms with E-state index in [-0.39, 0.29) is 17.4 Å². The van der Waals surface area contributed by atoms with Gasteiger partial charge in [0.2, 0.25) is 11.8 Å². The summed E-state index contributed by atoms with van der Waals surface area (Å²) in [6.45, 7) is 14.1. The van der Waals surface area contributed by atoms with Crippen molar-refractivity contribution in [2.24, 2.45) is 22.8 Å². The second-order valence-corrected chi connectivity index (χ2v) is 9.45. The van der Waals surface area contributed by atoms with Gasteiger partial charge < -0.3 is 26.8 Å². The van der Waals surface area contributed by atoms with E-state index in [1.54, 1.807) is 27.0 Å². The molecule has 0 bridgehead atoms. The van der Waals surface area contributed by atoms with E-state index in [4.69, 9.17) is 11.5 Å². The first-order valence-electron chi connectivity index (χ1n) is 9.44. The Bertz CT molecular complexity index is 615. The van der Waals surface area contributed by atoms with Crippen LogP contribution in [0.1, 0.15) is 55.4 Å². The van der Waals surface area contributed by atoms with Crippen LogP contribution in [0.2, 0.25) is 0 Å². The maximum absolute atomic E-state index is 13.3. The molecule has 6 N–H and O–H groups in total. The van der Waals surface area contributed by atoms with Crippen LogP contribution >= 0.6 is 0 Å². The number of likely N-dealkylation sites (N-methyl/N-ethyl adjacent to an activating group) is 1. The van der Waals surface area contributed by atoms with Gasteiger partial charge in [-0.3, -0.25) is 9.59 Å². The van der Waals surface area contributed by atoms with Gasteiger partial charge in [0.05, 0.1) is 6.04 Å². The number of amides is 2. The fraction of sp³-hybridized carbons (Fsp3) is 0.750. The molecule has 0 heterocycles. The highest BCUT2D eigenvalue weighted by atomic mass is 16.4. The van der Waals surface area contributed by atoms with Gasteiger partial charge in [-0.2, -0.15) is 0 Å². The summed E-state index contributed by atoms with van der Waals surface area (Å²) in [6.07, 6.45) is 1.56. The van der Waals surface area contributed by atoms with Gasteiger partial charge in [0.25, 0.3) is 0 Å². The highest BCUT2D eigenvalue weighted by Crippen LogP contribution is 2.24. The van der Waals surface area contributed by atoms with Gasteiger partial charge in [-0.1, -0.05) is 40.7 Å². The van der Waals surface area contributed by atoms with Crippen LogP contribution in [0.3, 0.4) is 0 Å². The molecule has 0 aliphatic rings. The first kappa shape index (κ1) is 26.1. The molecule has 0 saturated heterocycles. The molecule has 0 unspecified atom stereocenters. The van der Waals surface area contributed by atoms with Crippen molar-refractivity contribution in [2.45, 2.75) is 79.1 Å². The number of hydrogen-bond acceptors (Lipinski definition) is 5. The lowest BCUT2D eigenvalue weighted by molar-refractivity contribution is -0.140. The second-order valence-electron chi connectivity index (χ2n) is 9.45. The van der Waals surface area contributed by atoms with Crippen LogP contribution in [0.4, 0.5) is 0 Å². The summed E-state index contributed by atoms with van der Waals surface area (Å²) in [5.41, 5.74) is 10.5. The van der Waals surface area contributed by atoms with Crippen LogP contribution in [0.25, 0.3) is 0 Å². The topological polar surface area (TPSA) is 139 Å². The molecule has 0 fully saturated rings. The number of carboxylic acids is 1. The minimum Gasteiger partial charge on any atom is -0.478 e. The largest absolute Gasteiger partial charge is 0.478 e. The summed E-state index contributed by atoms with van der Waals surface area (Å²) in [6, 6.07) is -2.27. The van der Waals surface area contributed by atoms with Crippen molar-refractivity contribution < 1.29 is 19.5 Å². The molecule has 0 aromatic heterocycles. The van der Waals surface area contributed by atoms with E-state index >= 15 is 0 Å². The summed E-state index contributed by atoms with van der Waals surface area (Å²) in [7, 11) is 1.61. The lowest BCUT2D eigenvalue weighted by Gasteiger charge is -2.38. The molecule has 0 aromatic carbocycles. The average Bonchev–Trinajstić information content (AvgIpc) is 2.52. The Morgan fingerprint density at radius 2 is 1.57 bits per heavy atom. The number of nitrogens with two attached hydrogens (primary N) is 2. The molecule has 162 valence electrons. The Balaban J connectivity index is 5.81. The molecular formula is C20H38N4O4. The van der Waals surface area contributed by atoms with E-state index in [0.29, 0.717) is 0 Å². The van der Waals surface area contributed by atoms with E-state index in [1.807, 2.05) is 34.6 Å². The maximum Gasteiger partial charge on any atom is 0.331 e. The quantitative estimate of drug-likeness (QED) is 0.452. The summed E-state index contributed by atoms with van der Waals surface area (Å²) < 4.78 is 0. The first-order chi connectivity index (χ1) is 12.4. The summed E-state index contributed by atoms with van der Waals surface area (Å²) in [5.74, 6) is -1.89. The molecule has 8 nitrogen and oxygen atoms in total. The number of hydrogen-bond donors (Lipinski definition) is 4.